The van der Waals surface area contributed by atoms with Crippen molar-refractivity contribution < 1.29 is 4.74 Å². The number of halogens is 1. The minimum absolute atomic E-state index is 0.556. The molecule has 0 bridgehead atoms. The average molecular weight is 304 g/mol. The van der Waals surface area contributed by atoms with E-state index in [1.165, 1.54) is 0 Å². The van der Waals surface area contributed by atoms with Gasteiger partial charge in [-0.2, -0.15) is 5.10 Å². The molecule has 0 N–H and O–H groups in total. The van der Waals surface area contributed by atoms with E-state index in [1.54, 1.807) is 23.1 Å². The van der Waals surface area contributed by atoms with Crippen LogP contribution in [0.5, 0.6) is 11.6 Å². The first kappa shape index (κ1) is 11.2. The molecule has 2 heterocycles. The molecule has 0 atom stereocenters. The number of benzene rings is 1. The number of aryl methyl sites for hydroxylation is 1. The molecule has 2 aromatic heterocycles. The van der Waals surface area contributed by atoms with E-state index in [4.69, 9.17) is 4.74 Å². The molecule has 0 unspecified atom stereocenters. The first-order chi connectivity index (χ1) is 8.74. The van der Waals surface area contributed by atoms with Gasteiger partial charge in [0.15, 0.2) is 0 Å². The van der Waals surface area contributed by atoms with Gasteiger partial charge in [0, 0.05) is 16.9 Å². The molecule has 0 fully saturated rings. The molecule has 3 rings (SSSR count). The fourth-order valence-electron chi connectivity index (χ4n) is 1.74. The zero-order valence-corrected chi connectivity index (χ0v) is 11.3. The molecule has 0 saturated carbocycles. The summed E-state index contributed by atoms with van der Waals surface area (Å²) < 4.78 is 8.61. The van der Waals surface area contributed by atoms with Crippen LogP contribution < -0.4 is 4.74 Å². The summed E-state index contributed by atoms with van der Waals surface area (Å²) in [6.45, 7) is 2.00. The van der Waals surface area contributed by atoms with Crippen molar-refractivity contribution in [2.45, 2.75) is 6.92 Å². The van der Waals surface area contributed by atoms with Crippen LogP contribution >= 0.6 is 15.9 Å². The number of ether oxygens (including phenoxy) is 1. The maximum absolute atomic E-state index is 5.84. The summed E-state index contributed by atoms with van der Waals surface area (Å²) in [5.74, 6) is 1.35. The van der Waals surface area contributed by atoms with E-state index >= 15 is 0 Å². The van der Waals surface area contributed by atoms with Crippen LogP contribution in [0.2, 0.25) is 0 Å². The van der Waals surface area contributed by atoms with Crippen molar-refractivity contribution in [3.8, 4) is 11.6 Å². The Kier molecular flexibility index (Phi) is 2.76. The van der Waals surface area contributed by atoms with Gasteiger partial charge in [-0.25, -0.2) is 9.50 Å². The van der Waals surface area contributed by atoms with Crippen LogP contribution in [0.1, 0.15) is 5.56 Å². The van der Waals surface area contributed by atoms with E-state index in [0.29, 0.717) is 5.88 Å². The Morgan fingerprint density at radius 2 is 2.11 bits per heavy atom. The molecule has 0 radical (unpaired) electrons. The average Bonchev–Trinajstić information content (AvgIpc) is 2.82. The van der Waals surface area contributed by atoms with Gasteiger partial charge in [-0.05, 0) is 36.8 Å². The Balaban J connectivity index is 2.03. The standard InChI is InChI=1S/C13H10BrN3O/c1-9-8-10(14)2-3-12(9)18-13-11-4-5-16-17(11)7-6-15-13/h2-8H,1H3. The number of hydrogen-bond acceptors (Lipinski definition) is 3. The lowest BCUT2D eigenvalue weighted by Crippen LogP contribution is -1.94. The molecule has 3 aromatic rings. The summed E-state index contributed by atoms with van der Waals surface area (Å²) >= 11 is 3.43. The minimum Gasteiger partial charge on any atom is -0.437 e. The second-order valence-electron chi connectivity index (χ2n) is 3.91. The molecule has 4 nitrogen and oxygen atoms in total. The molecular formula is C13H10BrN3O. The maximum Gasteiger partial charge on any atom is 0.245 e. The molecule has 0 saturated heterocycles. The zero-order valence-electron chi connectivity index (χ0n) is 9.67. The van der Waals surface area contributed by atoms with Gasteiger partial charge < -0.3 is 4.74 Å². The van der Waals surface area contributed by atoms with Crippen molar-refractivity contribution in [2.75, 3.05) is 0 Å². The van der Waals surface area contributed by atoms with Crippen LogP contribution in [0.3, 0.4) is 0 Å². The molecule has 0 amide bonds. The Hall–Kier alpha value is -1.88. The van der Waals surface area contributed by atoms with E-state index in [2.05, 4.69) is 26.0 Å². The predicted molar refractivity (Wildman–Crippen MR) is 71.9 cm³/mol. The molecule has 0 aliphatic carbocycles. The van der Waals surface area contributed by atoms with E-state index in [-0.39, 0.29) is 0 Å². The largest absolute Gasteiger partial charge is 0.437 e. The first-order valence-corrected chi connectivity index (χ1v) is 6.26. The zero-order chi connectivity index (χ0) is 12.5. The van der Waals surface area contributed by atoms with Gasteiger partial charge in [0.1, 0.15) is 11.3 Å². The van der Waals surface area contributed by atoms with Gasteiger partial charge in [0.2, 0.25) is 5.88 Å². The third-order valence-electron chi connectivity index (χ3n) is 2.63. The fourth-order valence-corrected chi connectivity index (χ4v) is 2.22. The van der Waals surface area contributed by atoms with E-state index in [1.807, 2.05) is 31.2 Å². The predicted octanol–water partition coefficient (Wildman–Crippen LogP) is 3.59. The maximum atomic E-state index is 5.84. The summed E-state index contributed by atoms with van der Waals surface area (Å²) in [7, 11) is 0. The first-order valence-electron chi connectivity index (χ1n) is 5.46. The lowest BCUT2D eigenvalue weighted by Gasteiger charge is -2.08. The fraction of sp³-hybridized carbons (Fsp3) is 0.0769. The highest BCUT2D eigenvalue weighted by molar-refractivity contribution is 9.10. The topological polar surface area (TPSA) is 39.4 Å². The number of hydrogen-bond donors (Lipinski definition) is 0. The second-order valence-corrected chi connectivity index (χ2v) is 4.82. The van der Waals surface area contributed by atoms with Crippen LogP contribution in [-0.2, 0) is 0 Å². The lowest BCUT2D eigenvalue weighted by molar-refractivity contribution is 0.462. The highest BCUT2D eigenvalue weighted by Crippen LogP contribution is 2.28. The van der Waals surface area contributed by atoms with Gasteiger partial charge >= 0.3 is 0 Å². The summed E-state index contributed by atoms with van der Waals surface area (Å²) in [5.41, 5.74) is 1.90. The summed E-state index contributed by atoms with van der Waals surface area (Å²) in [6, 6.07) is 7.74. The Bertz CT molecular complexity index is 708. The number of aromatic nitrogens is 3. The van der Waals surface area contributed by atoms with Gasteiger partial charge in [0.25, 0.3) is 0 Å². The van der Waals surface area contributed by atoms with Crippen LogP contribution in [0.25, 0.3) is 5.52 Å². The quantitative estimate of drug-likeness (QED) is 0.726. The number of fused-ring (bicyclic) bond motifs is 1. The SMILES string of the molecule is Cc1cc(Br)ccc1Oc1nccn2nccc12. The molecule has 18 heavy (non-hydrogen) atoms. The highest BCUT2D eigenvalue weighted by atomic mass is 79.9. The second kappa shape index (κ2) is 4.42. The lowest BCUT2D eigenvalue weighted by atomic mass is 10.2. The van der Waals surface area contributed by atoms with Crippen molar-refractivity contribution >= 4 is 21.4 Å². The van der Waals surface area contributed by atoms with Gasteiger partial charge in [0.05, 0.1) is 6.20 Å². The number of nitrogens with zero attached hydrogens (tertiary/aromatic N) is 3. The van der Waals surface area contributed by atoms with Crippen molar-refractivity contribution in [1.82, 2.24) is 14.6 Å². The summed E-state index contributed by atoms with van der Waals surface area (Å²) in [4.78, 5) is 4.24. The van der Waals surface area contributed by atoms with E-state index in [0.717, 1.165) is 21.3 Å². The third-order valence-corrected chi connectivity index (χ3v) is 3.13. The summed E-state index contributed by atoms with van der Waals surface area (Å²) in [5, 5.41) is 4.15. The van der Waals surface area contributed by atoms with Crippen molar-refractivity contribution in [3.63, 3.8) is 0 Å². The van der Waals surface area contributed by atoms with Gasteiger partial charge in [-0.15, -0.1) is 0 Å². The van der Waals surface area contributed by atoms with Crippen LogP contribution in [0, 0.1) is 6.92 Å². The van der Waals surface area contributed by atoms with Crippen molar-refractivity contribution in [2.24, 2.45) is 0 Å². The third kappa shape index (κ3) is 1.97. The molecule has 0 aliphatic heterocycles. The normalized spacial score (nSPS) is 10.8. The minimum atomic E-state index is 0.556. The molecule has 5 heteroatoms. The van der Waals surface area contributed by atoms with E-state index in [9.17, 15) is 0 Å². The Morgan fingerprint density at radius 3 is 2.94 bits per heavy atom. The summed E-state index contributed by atoms with van der Waals surface area (Å²) in [6.07, 6.45) is 5.18. The van der Waals surface area contributed by atoms with Gasteiger partial charge in [-0.1, -0.05) is 15.9 Å². The molecule has 0 aliphatic rings. The molecule has 0 spiro atoms. The molecule has 1 aromatic carbocycles. The highest BCUT2D eigenvalue weighted by Gasteiger charge is 2.07. The Labute approximate surface area is 112 Å². The Morgan fingerprint density at radius 1 is 1.22 bits per heavy atom. The number of rotatable bonds is 2. The van der Waals surface area contributed by atoms with Gasteiger partial charge in [-0.3, -0.25) is 0 Å². The molecule has 90 valence electrons. The van der Waals surface area contributed by atoms with Crippen LogP contribution in [0.4, 0.5) is 0 Å². The molecular weight excluding hydrogens is 294 g/mol. The van der Waals surface area contributed by atoms with Crippen molar-refractivity contribution in [1.29, 1.82) is 0 Å². The van der Waals surface area contributed by atoms with Crippen LogP contribution in [0.15, 0.2) is 47.3 Å². The van der Waals surface area contributed by atoms with E-state index < -0.39 is 0 Å². The monoisotopic (exact) mass is 303 g/mol. The van der Waals surface area contributed by atoms with Crippen LogP contribution in [-0.4, -0.2) is 14.6 Å². The smallest absolute Gasteiger partial charge is 0.245 e. The van der Waals surface area contributed by atoms with Crippen molar-refractivity contribution in [3.05, 3.63) is 52.9 Å².